The minimum atomic E-state index is 1.11. The van der Waals surface area contributed by atoms with Crippen molar-refractivity contribution in [2.75, 3.05) is 4.90 Å². The number of anilines is 3. The van der Waals surface area contributed by atoms with Crippen LogP contribution < -0.4 is 4.90 Å². The molecule has 52 heavy (non-hydrogen) atoms. The SMILES string of the molecule is c1ccc(-c2cc(-c3ccccc3)cc(N(c3c(-c4ccccc4)c4ccccc4c4ccccc34)c3cccc4c3sc3ccccc34)c2)cc1. The Hall–Kier alpha value is -6.48. The maximum atomic E-state index is 2.56. The van der Waals surface area contributed by atoms with Crippen LogP contribution in [0.1, 0.15) is 0 Å². The first-order chi connectivity index (χ1) is 25.8. The first-order valence-electron chi connectivity index (χ1n) is 17.8. The zero-order valence-electron chi connectivity index (χ0n) is 28.4. The molecule has 0 amide bonds. The Morgan fingerprint density at radius 2 is 0.808 bits per heavy atom. The topological polar surface area (TPSA) is 3.24 Å². The van der Waals surface area contributed by atoms with Crippen LogP contribution in [-0.2, 0) is 0 Å². The molecule has 0 N–H and O–H groups in total. The van der Waals surface area contributed by atoms with Gasteiger partial charge in [-0.15, -0.1) is 11.3 Å². The number of hydrogen-bond donors (Lipinski definition) is 0. The van der Waals surface area contributed by atoms with Crippen molar-refractivity contribution < 1.29 is 0 Å². The first kappa shape index (κ1) is 30.4. The molecule has 0 aliphatic carbocycles. The van der Waals surface area contributed by atoms with Crippen LogP contribution in [0.15, 0.2) is 200 Å². The number of rotatable bonds is 6. The summed E-state index contributed by atoms with van der Waals surface area (Å²) >= 11 is 1.88. The third kappa shape index (κ3) is 5.07. The van der Waals surface area contributed by atoms with Crippen LogP contribution in [0.4, 0.5) is 17.1 Å². The van der Waals surface area contributed by atoms with Crippen molar-refractivity contribution in [3.05, 3.63) is 200 Å². The second-order valence-corrected chi connectivity index (χ2v) is 14.3. The van der Waals surface area contributed by atoms with Crippen molar-refractivity contribution in [3.63, 3.8) is 0 Å². The van der Waals surface area contributed by atoms with Gasteiger partial charge in [0.25, 0.3) is 0 Å². The Kier molecular flexibility index (Phi) is 7.41. The highest BCUT2D eigenvalue weighted by Gasteiger charge is 2.26. The Bertz CT molecular complexity index is 2830. The molecule has 2 heteroatoms. The summed E-state index contributed by atoms with van der Waals surface area (Å²) in [7, 11) is 0. The molecule has 0 fully saturated rings. The molecule has 0 unspecified atom stereocenters. The van der Waals surface area contributed by atoms with E-state index in [2.05, 4.69) is 205 Å². The molecule has 0 radical (unpaired) electrons. The molecule has 1 heterocycles. The van der Waals surface area contributed by atoms with Gasteiger partial charge in [0, 0.05) is 32.1 Å². The molecule has 0 spiro atoms. The lowest BCUT2D eigenvalue weighted by Crippen LogP contribution is -2.13. The minimum Gasteiger partial charge on any atom is -0.308 e. The van der Waals surface area contributed by atoms with Gasteiger partial charge in [0.15, 0.2) is 0 Å². The quantitative estimate of drug-likeness (QED) is 0.158. The summed E-state index contributed by atoms with van der Waals surface area (Å²) in [6.45, 7) is 0. The van der Waals surface area contributed by atoms with Crippen LogP contribution in [0.5, 0.6) is 0 Å². The molecular formula is C50H33NS. The summed E-state index contributed by atoms with van der Waals surface area (Å²) in [4.78, 5) is 2.56. The molecule has 244 valence electrons. The molecule has 10 rings (SSSR count). The summed E-state index contributed by atoms with van der Waals surface area (Å²) in [5.74, 6) is 0. The molecule has 1 aromatic heterocycles. The average molecular weight is 680 g/mol. The van der Waals surface area contributed by atoms with Crippen LogP contribution in [0.2, 0.25) is 0 Å². The zero-order valence-corrected chi connectivity index (χ0v) is 29.2. The second-order valence-electron chi connectivity index (χ2n) is 13.3. The highest BCUT2D eigenvalue weighted by Crippen LogP contribution is 2.52. The van der Waals surface area contributed by atoms with Crippen molar-refractivity contribution in [1.29, 1.82) is 0 Å². The Morgan fingerprint density at radius 1 is 0.327 bits per heavy atom. The normalized spacial score (nSPS) is 11.5. The van der Waals surface area contributed by atoms with Crippen molar-refractivity contribution in [3.8, 4) is 33.4 Å². The van der Waals surface area contributed by atoms with Gasteiger partial charge >= 0.3 is 0 Å². The summed E-state index contributed by atoms with van der Waals surface area (Å²) < 4.78 is 2.56. The Balaban J connectivity index is 1.40. The average Bonchev–Trinajstić information content (AvgIpc) is 3.61. The third-order valence-electron chi connectivity index (χ3n) is 10.2. The van der Waals surface area contributed by atoms with Gasteiger partial charge in [-0.1, -0.05) is 170 Å². The number of thiophene rings is 1. The van der Waals surface area contributed by atoms with Crippen molar-refractivity contribution >= 4 is 70.1 Å². The van der Waals surface area contributed by atoms with E-state index >= 15 is 0 Å². The van der Waals surface area contributed by atoms with Crippen LogP contribution in [-0.4, -0.2) is 0 Å². The van der Waals surface area contributed by atoms with Crippen LogP contribution in [0.25, 0.3) is 75.1 Å². The van der Waals surface area contributed by atoms with Gasteiger partial charge in [0.1, 0.15) is 0 Å². The smallest absolute Gasteiger partial charge is 0.0640 e. The molecular weight excluding hydrogens is 647 g/mol. The highest BCUT2D eigenvalue weighted by atomic mass is 32.1. The molecule has 0 saturated carbocycles. The predicted octanol–water partition coefficient (Wildman–Crippen LogP) is 14.8. The molecule has 0 aliphatic heterocycles. The number of benzene rings is 9. The molecule has 0 saturated heterocycles. The van der Waals surface area contributed by atoms with E-state index in [9.17, 15) is 0 Å². The fourth-order valence-electron chi connectivity index (χ4n) is 7.88. The number of hydrogen-bond acceptors (Lipinski definition) is 2. The first-order valence-corrected chi connectivity index (χ1v) is 18.6. The largest absolute Gasteiger partial charge is 0.308 e. The summed E-state index contributed by atoms with van der Waals surface area (Å²) in [5, 5.41) is 7.51. The van der Waals surface area contributed by atoms with Crippen molar-refractivity contribution in [1.82, 2.24) is 0 Å². The number of fused-ring (bicyclic) bond motifs is 6. The van der Waals surface area contributed by atoms with Crippen LogP contribution in [0, 0.1) is 0 Å². The van der Waals surface area contributed by atoms with Crippen molar-refractivity contribution in [2.45, 2.75) is 0 Å². The van der Waals surface area contributed by atoms with E-state index in [1.807, 2.05) is 11.3 Å². The highest BCUT2D eigenvalue weighted by molar-refractivity contribution is 7.26. The number of nitrogens with zero attached hydrogens (tertiary/aromatic N) is 1. The second kappa shape index (κ2) is 12.7. The van der Waals surface area contributed by atoms with Gasteiger partial charge in [-0.2, -0.15) is 0 Å². The van der Waals surface area contributed by atoms with E-state index in [0.29, 0.717) is 0 Å². The molecule has 0 bridgehead atoms. The fraction of sp³-hybridized carbons (Fsp3) is 0. The lowest BCUT2D eigenvalue weighted by molar-refractivity contribution is 1.32. The van der Waals surface area contributed by atoms with Gasteiger partial charge < -0.3 is 4.90 Å². The van der Waals surface area contributed by atoms with Gasteiger partial charge in [-0.25, -0.2) is 0 Å². The predicted molar refractivity (Wildman–Crippen MR) is 225 cm³/mol. The van der Waals surface area contributed by atoms with Crippen LogP contribution >= 0.6 is 11.3 Å². The maximum Gasteiger partial charge on any atom is 0.0640 e. The van der Waals surface area contributed by atoms with E-state index in [-0.39, 0.29) is 0 Å². The monoisotopic (exact) mass is 679 g/mol. The third-order valence-corrected chi connectivity index (χ3v) is 11.4. The summed E-state index contributed by atoms with van der Waals surface area (Å²) in [6, 6.07) is 73.1. The lowest BCUT2D eigenvalue weighted by Gasteiger charge is -2.31. The van der Waals surface area contributed by atoms with Gasteiger partial charge in [-0.3, -0.25) is 0 Å². The molecule has 9 aromatic carbocycles. The van der Waals surface area contributed by atoms with E-state index in [1.165, 1.54) is 86.5 Å². The minimum absolute atomic E-state index is 1.11. The summed E-state index contributed by atoms with van der Waals surface area (Å²) in [6.07, 6.45) is 0. The maximum absolute atomic E-state index is 2.56. The molecule has 1 nitrogen and oxygen atoms in total. The fourth-order valence-corrected chi connectivity index (χ4v) is 9.09. The van der Waals surface area contributed by atoms with E-state index in [4.69, 9.17) is 0 Å². The Morgan fingerprint density at radius 3 is 1.44 bits per heavy atom. The molecule has 0 aliphatic rings. The van der Waals surface area contributed by atoms with Crippen LogP contribution in [0.3, 0.4) is 0 Å². The molecule has 10 aromatic rings. The Labute approximate surface area is 307 Å². The van der Waals surface area contributed by atoms with E-state index in [1.54, 1.807) is 0 Å². The van der Waals surface area contributed by atoms with E-state index < -0.39 is 0 Å². The van der Waals surface area contributed by atoms with Gasteiger partial charge in [0.05, 0.1) is 16.1 Å². The molecule has 0 atom stereocenters. The van der Waals surface area contributed by atoms with Gasteiger partial charge in [-0.05, 0) is 74.3 Å². The van der Waals surface area contributed by atoms with E-state index in [0.717, 1.165) is 5.69 Å². The zero-order chi connectivity index (χ0) is 34.4. The van der Waals surface area contributed by atoms with Gasteiger partial charge in [0.2, 0.25) is 0 Å². The standard InChI is InChI=1S/C50H33NS/c1-4-17-34(18-5-1)37-31-38(35-19-6-2-7-20-35)33-39(32-37)51(46-29-16-28-45-42-25-14-15-30-47(42)52-50(45)46)49-44-27-13-11-24-41(44)40-23-10-12-26-43(40)48(49)36-21-8-3-9-22-36/h1-33H. The summed E-state index contributed by atoms with van der Waals surface area (Å²) in [5.41, 5.74) is 10.6. The van der Waals surface area contributed by atoms with Crippen molar-refractivity contribution in [2.24, 2.45) is 0 Å². The lowest BCUT2D eigenvalue weighted by atomic mass is 9.89.